The lowest BCUT2D eigenvalue weighted by atomic mass is 10.1. The predicted octanol–water partition coefficient (Wildman–Crippen LogP) is 5.53. The molecule has 1 atom stereocenters. The van der Waals surface area contributed by atoms with Gasteiger partial charge >= 0.3 is 6.18 Å². The molecule has 4 rings (SSSR count). The van der Waals surface area contributed by atoms with E-state index in [4.69, 9.17) is 16.3 Å². The standard InChI is InChI=1S/C22H20ClF3N4O2S/c23-15-9-7-14(8-10-15)20-28-29-21(30(20)12-16-4-3-11-32-16)33-13-19(31)27-18-6-2-1-5-17(18)22(24,25)26/h1-2,5-10,16H,3-4,11-13H2,(H,27,31)/t16-/m0/s1. The molecule has 3 aromatic rings. The maximum absolute atomic E-state index is 13.2. The van der Waals surface area contributed by atoms with E-state index in [1.807, 2.05) is 16.7 Å². The Balaban J connectivity index is 1.51. The van der Waals surface area contributed by atoms with Crippen molar-refractivity contribution < 1.29 is 22.7 Å². The zero-order chi connectivity index (χ0) is 23.4. The van der Waals surface area contributed by atoms with E-state index in [1.165, 1.54) is 18.2 Å². The maximum atomic E-state index is 13.2. The van der Waals surface area contributed by atoms with E-state index in [0.717, 1.165) is 36.2 Å². The molecule has 0 radical (unpaired) electrons. The van der Waals surface area contributed by atoms with E-state index < -0.39 is 17.6 Å². The fourth-order valence-electron chi connectivity index (χ4n) is 3.52. The van der Waals surface area contributed by atoms with Crippen LogP contribution < -0.4 is 5.32 Å². The first-order valence-corrected chi connectivity index (χ1v) is 11.6. The number of halogens is 4. The Labute approximate surface area is 197 Å². The minimum Gasteiger partial charge on any atom is -0.376 e. The second-order valence-corrected chi connectivity index (χ2v) is 8.82. The average Bonchev–Trinajstić information content (AvgIpc) is 3.43. The topological polar surface area (TPSA) is 69.0 Å². The highest BCUT2D eigenvalue weighted by molar-refractivity contribution is 7.99. The summed E-state index contributed by atoms with van der Waals surface area (Å²) in [5.74, 6) is -0.0971. The number of rotatable bonds is 7. The number of nitrogens with one attached hydrogen (secondary N) is 1. The number of benzene rings is 2. The van der Waals surface area contributed by atoms with Gasteiger partial charge in [0.05, 0.1) is 29.7 Å². The molecule has 0 spiro atoms. The molecule has 11 heteroatoms. The Kier molecular flexibility index (Phi) is 7.26. The first kappa shape index (κ1) is 23.6. The van der Waals surface area contributed by atoms with Crippen LogP contribution in [-0.4, -0.2) is 39.1 Å². The number of para-hydroxylation sites is 1. The first-order valence-electron chi connectivity index (χ1n) is 10.2. The highest BCUT2D eigenvalue weighted by Crippen LogP contribution is 2.35. The average molecular weight is 497 g/mol. The molecule has 6 nitrogen and oxygen atoms in total. The van der Waals surface area contributed by atoms with Crippen LogP contribution in [0.5, 0.6) is 0 Å². The summed E-state index contributed by atoms with van der Waals surface area (Å²) < 4.78 is 47.2. The number of hydrogen-bond acceptors (Lipinski definition) is 5. The third-order valence-electron chi connectivity index (χ3n) is 5.07. The minimum atomic E-state index is -4.56. The van der Waals surface area contributed by atoms with Gasteiger partial charge in [-0.25, -0.2) is 0 Å². The molecule has 1 fully saturated rings. The molecule has 2 heterocycles. The number of nitrogens with zero attached hydrogens (tertiary/aromatic N) is 3. The number of alkyl halides is 3. The molecule has 33 heavy (non-hydrogen) atoms. The van der Waals surface area contributed by atoms with E-state index in [2.05, 4.69) is 15.5 Å². The van der Waals surface area contributed by atoms with Crippen LogP contribution in [0.4, 0.5) is 18.9 Å². The molecule has 1 amide bonds. The van der Waals surface area contributed by atoms with Crippen LogP contribution in [0.2, 0.25) is 5.02 Å². The second kappa shape index (κ2) is 10.1. The third kappa shape index (κ3) is 5.87. The molecule has 1 N–H and O–H groups in total. The molecule has 1 aromatic heterocycles. The summed E-state index contributed by atoms with van der Waals surface area (Å²) in [6.07, 6.45) is -2.70. The second-order valence-electron chi connectivity index (χ2n) is 7.44. The van der Waals surface area contributed by atoms with Crippen molar-refractivity contribution in [3.63, 3.8) is 0 Å². The zero-order valence-corrected chi connectivity index (χ0v) is 18.9. The van der Waals surface area contributed by atoms with Crippen molar-refractivity contribution in [2.24, 2.45) is 0 Å². The normalized spacial score (nSPS) is 16.2. The van der Waals surface area contributed by atoms with Gasteiger partial charge in [-0.15, -0.1) is 10.2 Å². The quantitative estimate of drug-likeness (QED) is 0.436. The Morgan fingerprint density at radius 1 is 1.18 bits per heavy atom. The molecular formula is C22H20ClF3N4O2S. The summed E-state index contributed by atoms with van der Waals surface area (Å²) >= 11 is 7.09. The maximum Gasteiger partial charge on any atom is 0.418 e. The number of hydrogen-bond donors (Lipinski definition) is 1. The van der Waals surface area contributed by atoms with Gasteiger partial charge in [0.2, 0.25) is 5.91 Å². The molecule has 1 aliphatic heterocycles. The van der Waals surface area contributed by atoms with Crippen molar-refractivity contribution in [1.82, 2.24) is 14.8 Å². The number of thioether (sulfide) groups is 1. The van der Waals surface area contributed by atoms with Crippen LogP contribution in [0.25, 0.3) is 11.4 Å². The highest BCUT2D eigenvalue weighted by Gasteiger charge is 2.33. The molecular weight excluding hydrogens is 477 g/mol. The molecule has 0 aliphatic carbocycles. The van der Waals surface area contributed by atoms with Crippen molar-refractivity contribution in [2.75, 3.05) is 17.7 Å². The summed E-state index contributed by atoms with van der Waals surface area (Å²) in [6.45, 7) is 1.19. The minimum absolute atomic E-state index is 0.00103. The molecule has 1 saturated heterocycles. The Morgan fingerprint density at radius 3 is 2.64 bits per heavy atom. The number of carbonyl (C=O) groups is 1. The van der Waals surface area contributed by atoms with E-state index >= 15 is 0 Å². The van der Waals surface area contributed by atoms with Crippen molar-refractivity contribution in [3.05, 3.63) is 59.1 Å². The molecule has 0 bridgehead atoms. The van der Waals surface area contributed by atoms with Gasteiger partial charge in [0, 0.05) is 17.2 Å². The van der Waals surface area contributed by atoms with Crippen molar-refractivity contribution in [2.45, 2.75) is 36.8 Å². The van der Waals surface area contributed by atoms with Crippen LogP contribution in [0, 0.1) is 0 Å². The number of ether oxygens (including phenoxy) is 1. The lowest BCUT2D eigenvalue weighted by Gasteiger charge is -2.15. The van der Waals surface area contributed by atoms with Crippen LogP contribution in [0.3, 0.4) is 0 Å². The molecule has 174 valence electrons. The number of aromatic nitrogens is 3. The predicted molar refractivity (Wildman–Crippen MR) is 120 cm³/mol. The smallest absolute Gasteiger partial charge is 0.376 e. The number of anilines is 1. The van der Waals surface area contributed by atoms with Crippen LogP contribution in [0.1, 0.15) is 18.4 Å². The van der Waals surface area contributed by atoms with E-state index in [1.54, 1.807) is 12.1 Å². The van der Waals surface area contributed by atoms with Crippen LogP contribution in [0.15, 0.2) is 53.7 Å². The van der Waals surface area contributed by atoms with Gasteiger partial charge in [-0.1, -0.05) is 35.5 Å². The van der Waals surface area contributed by atoms with Gasteiger partial charge in [-0.3, -0.25) is 9.36 Å². The van der Waals surface area contributed by atoms with Gasteiger partial charge in [0.25, 0.3) is 0 Å². The van der Waals surface area contributed by atoms with Gasteiger partial charge in [-0.2, -0.15) is 13.2 Å². The van der Waals surface area contributed by atoms with Gasteiger partial charge in [-0.05, 0) is 49.2 Å². The molecule has 2 aromatic carbocycles. The fourth-order valence-corrected chi connectivity index (χ4v) is 4.39. The summed E-state index contributed by atoms with van der Waals surface area (Å²) in [5, 5.41) is 11.9. The zero-order valence-electron chi connectivity index (χ0n) is 17.3. The Hall–Kier alpha value is -2.56. The first-order chi connectivity index (χ1) is 15.8. The highest BCUT2D eigenvalue weighted by atomic mass is 35.5. The summed E-state index contributed by atoms with van der Waals surface area (Å²) in [7, 11) is 0. The molecule has 0 unspecified atom stereocenters. The lowest BCUT2D eigenvalue weighted by molar-refractivity contribution is -0.137. The van der Waals surface area contributed by atoms with Crippen molar-refractivity contribution >= 4 is 35.0 Å². The van der Waals surface area contributed by atoms with E-state index in [0.29, 0.717) is 29.2 Å². The Morgan fingerprint density at radius 2 is 1.94 bits per heavy atom. The van der Waals surface area contributed by atoms with Crippen molar-refractivity contribution in [3.8, 4) is 11.4 Å². The molecule has 0 saturated carbocycles. The van der Waals surface area contributed by atoms with E-state index in [9.17, 15) is 18.0 Å². The fraction of sp³-hybridized carbons (Fsp3) is 0.318. The van der Waals surface area contributed by atoms with Crippen LogP contribution in [-0.2, 0) is 22.3 Å². The van der Waals surface area contributed by atoms with Gasteiger partial charge in [0.1, 0.15) is 0 Å². The summed E-state index contributed by atoms with van der Waals surface area (Å²) in [4.78, 5) is 12.4. The summed E-state index contributed by atoms with van der Waals surface area (Å²) in [5.41, 5.74) is -0.367. The SMILES string of the molecule is O=C(CSc1nnc(-c2ccc(Cl)cc2)n1C[C@@H]1CCCO1)Nc1ccccc1C(F)(F)F. The number of amides is 1. The van der Waals surface area contributed by atoms with Crippen LogP contribution >= 0.6 is 23.4 Å². The largest absolute Gasteiger partial charge is 0.418 e. The third-order valence-corrected chi connectivity index (χ3v) is 6.29. The lowest BCUT2D eigenvalue weighted by Crippen LogP contribution is -2.19. The van der Waals surface area contributed by atoms with Crippen molar-refractivity contribution in [1.29, 1.82) is 0 Å². The van der Waals surface area contributed by atoms with E-state index in [-0.39, 0.29) is 17.5 Å². The van der Waals surface area contributed by atoms with Gasteiger partial charge < -0.3 is 10.1 Å². The Bertz CT molecular complexity index is 1120. The monoisotopic (exact) mass is 496 g/mol. The number of carbonyl (C=O) groups excluding carboxylic acids is 1. The molecule has 1 aliphatic rings. The summed E-state index contributed by atoms with van der Waals surface area (Å²) in [6, 6.07) is 12.0. The van der Waals surface area contributed by atoms with Gasteiger partial charge in [0.15, 0.2) is 11.0 Å².